The van der Waals surface area contributed by atoms with Gasteiger partial charge in [-0.15, -0.1) is 24.0 Å². The Balaban J connectivity index is 0.00000280. The second-order valence-corrected chi connectivity index (χ2v) is 9.91. The molecule has 6 nitrogen and oxygen atoms in total. The SMILES string of the molecule is CN=C(NCc1cccc(CN2CCCCCC2)c1)NC1CCS(=O)(=O)C1.I. The van der Waals surface area contributed by atoms with Crippen molar-refractivity contribution in [3.8, 4) is 0 Å². The summed E-state index contributed by atoms with van der Waals surface area (Å²) in [6.07, 6.45) is 5.97. The van der Waals surface area contributed by atoms with Crippen molar-refractivity contribution in [2.24, 2.45) is 4.99 Å². The first-order valence-corrected chi connectivity index (χ1v) is 11.8. The monoisotopic (exact) mass is 520 g/mol. The zero-order chi connectivity index (χ0) is 19.1. The first kappa shape index (κ1) is 23.4. The molecule has 2 saturated heterocycles. The van der Waals surface area contributed by atoms with Gasteiger partial charge in [0.25, 0.3) is 0 Å². The second-order valence-electron chi connectivity index (χ2n) is 7.68. The van der Waals surface area contributed by atoms with Gasteiger partial charge < -0.3 is 10.6 Å². The number of rotatable bonds is 5. The van der Waals surface area contributed by atoms with Crippen molar-refractivity contribution in [2.45, 2.75) is 51.2 Å². The molecule has 0 aliphatic carbocycles. The number of hydrogen-bond acceptors (Lipinski definition) is 4. The highest BCUT2D eigenvalue weighted by Gasteiger charge is 2.28. The van der Waals surface area contributed by atoms with Gasteiger partial charge in [0.15, 0.2) is 15.8 Å². The molecule has 2 fully saturated rings. The minimum absolute atomic E-state index is 0. The van der Waals surface area contributed by atoms with Crippen LogP contribution in [0.1, 0.15) is 43.2 Å². The molecule has 0 radical (unpaired) electrons. The van der Waals surface area contributed by atoms with Gasteiger partial charge in [0.1, 0.15) is 0 Å². The fraction of sp³-hybridized carbons (Fsp3) is 0.650. The minimum atomic E-state index is -2.89. The first-order valence-electron chi connectivity index (χ1n) is 10.0. The van der Waals surface area contributed by atoms with Gasteiger partial charge in [-0.2, -0.15) is 0 Å². The smallest absolute Gasteiger partial charge is 0.191 e. The fourth-order valence-electron chi connectivity index (χ4n) is 3.87. The Hall–Kier alpha value is -0.870. The van der Waals surface area contributed by atoms with Crippen molar-refractivity contribution in [2.75, 3.05) is 31.6 Å². The lowest BCUT2D eigenvalue weighted by Gasteiger charge is -2.20. The molecule has 0 bridgehead atoms. The topological polar surface area (TPSA) is 73.8 Å². The maximum atomic E-state index is 11.6. The van der Waals surface area contributed by atoms with E-state index >= 15 is 0 Å². The Morgan fingerprint density at radius 2 is 1.89 bits per heavy atom. The van der Waals surface area contributed by atoms with Crippen LogP contribution in [0.15, 0.2) is 29.3 Å². The van der Waals surface area contributed by atoms with Crippen LogP contribution in [-0.2, 0) is 22.9 Å². The lowest BCUT2D eigenvalue weighted by molar-refractivity contribution is 0.277. The number of hydrogen-bond donors (Lipinski definition) is 2. The summed E-state index contributed by atoms with van der Waals surface area (Å²) in [5, 5.41) is 6.54. The lowest BCUT2D eigenvalue weighted by atomic mass is 10.1. The molecule has 28 heavy (non-hydrogen) atoms. The Morgan fingerprint density at radius 1 is 1.18 bits per heavy atom. The lowest BCUT2D eigenvalue weighted by Crippen LogP contribution is -2.43. The molecule has 0 spiro atoms. The van der Waals surface area contributed by atoms with Crippen molar-refractivity contribution >= 4 is 39.8 Å². The summed E-state index contributed by atoms with van der Waals surface area (Å²) < 4.78 is 23.2. The molecular weight excluding hydrogens is 487 g/mol. The van der Waals surface area contributed by atoms with Crippen LogP contribution >= 0.6 is 24.0 Å². The van der Waals surface area contributed by atoms with E-state index in [-0.39, 0.29) is 41.5 Å². The molecule has 1 aromatic carbocycles. The number of guanidine groups is 1. The maximum absolute atomic E-state index is 11.6. The van der Waals surface area contributed by atoms with Gasteiger partial charge in [-0.1, -0.05) is 37.1 Å². The largest absolute Gasteiger partial charge is 0.353 e. The highest BCUT2D eigenvalue weighted by Crippen LogP contribution is 2.14. The highest BCUT2D eigenvalue weighted by atomic mass is 127. The number of nitrogens with one attached hydrogen (secondary N) is 2. The molecule has 0 amide bonds. The number of nitrogens with zero attached hydrogens (tertiary/aromatic N) is 2. The van der Waals surface area contributed by atoms with Crippen LogP contribution in [0.4, 0.5) is 0 Å². The quantitative estimate of drug-likeness (QED) is 0.355. The van der Waals surface area contributed by atoms with E-state index in [1.165, 1.54) is 49.9 Å². The molecule has 158 valence electrons. The van der Waals surface area contributed by atoms with Crippen molar-refractivity contribution in [3.05, 3.63) is 35.4 Å². The molecule has 8 heteroatoms. The van der Waals surface area contributed by atoms with Gasteiger partial charge in [-0.05, 0) is 43.5 Å². The van der Waals surface area contributed by atoms with Crippen molar-refractivity contribution in [3.63, 3.8) is 0 Å². The van der Waals surface area contributed by atoms with Gasteiger partial charge in [0, 0.05) is 26.2 Å². The van der Waals surface area contributed by atoms with Crippen molar-refractivity contribution in [1.29, 1.82) is 0 Å². The predicted octanol–water partition coefficient (Wildman–Crippen LogP) is 2.53. The zero-order valence-electron chi connectivity index (χ0n) is 16.7. The van der Waals surface area contributed by atoms with E-state index in [1.54, 1.807) is 7.05 Å². The number of sulfone groups is 1. The normalized spacial score (nSPS) is 22.9. The highest BCUT2D eigenvalue weighted by molar-refractivity contribution is 14.0. The predicted molar refractivity (Wildman–Crippen MR) is 126 cm³/mol. The third-order valence-electron chi connectivity index (χ3n) is 5.35. The van der Waals surface area contributed by atoms with Gasteiger partial charge >= 0.3 is 0 Å². The maximum Gasteiger partial charge on any atom is 0.191 e. The Kier molecular flexibility index (Phi) is 9.49. The van der Waals surface area contributed by atoms with E-state index in [0.717, 1.165) is 6.54 Å². The minimum Gasteiger partial charge on any atom is -0.353 e. The molecule has 2 aliphatic rings. The van der Waals surface area contributed by atoms with E-state index in [9.17, 15) is 8.42 Å². The van der Waals surface area contributed by atoms with Crippen LogP contribution in [0.3, 0.4) is 0 Å². The van der Waals surface area contributed by atoms with E-state index in [2.05, 4.69) is 44.8 Å². The Labute approximate surface area is 186 Å². The molecule has 1 atom stereocenters. The average Bonchev–Trinajstić information content (AvgIpc) is 2.83. The Morgan fingerprint density at radius 3 is 2.54 bits per heavy atom. The van der Waals surface area contributed by atoms with Crippen LogP contribution in [0.2, 0.25) is 0 Å². The molecule has 2 N–H and O–H groups in total. The molecular formula is C20H33IN4O2S. The van der Waals surface area contributed by atoms with Gasteiger partial charge in [0.05, 0.1) is 11.5 Å². The fourth-order valence-corrected chi connectivity index (χ4v) is 5.55. The third kappa shape index (κ3) is 7.51. The third-order valence-corrected chi connectivity index (χ3v) is 7.12. The van der Waals surface area contributed by atoms with Crippen LogP contribution in [0.5, 0.6) is 0 Å². The summed E-state index contributed by atoms with van der Waals surface area (Å²) in [7, 11) is -1.17. The first-order chi connectivity index (χ1) is 13.0. The zero-order valence-corrected chi connectivity index (χ0v) is 19.8. The molecule has 2 aliphatic heterocycles. The van der Waals surface area contributed by atoms with Crippen molar-refractivity contribution in [1.82, 2.24) is 15.5 Å². The Bertz CT molecular complexity index is 746. The van der Waals surface area contributed by atoms with Gasteiger partial charge in [-0.25, -0.2) is 8.42 Å². The molecule has 0 aromatic heterocycles. The second kappa shape index (κ2) is 11.3. The summed E-state index contributed by atoms with van der Waals surface area (Å²) in [5.74, 6) is 1.12. The molecule has 1 unspecified atom stereocenters. The molecule has 0 saturated carbocycles. The molecule has 3 rings (SSSR count). The van der Waals surface area contributed by atoms with Gasteiger partial charge in [-0.3, -0.25) is 9.89 Å². The van der Waals surface area contributed by atoms with Crippen LogP contribution in [-0.4, -0.2) is 57.0 Å². The van der Waals surface area contributed by atoms with Crippen LogP contribution in [0, 0.1) is 0 Å². The van der Waals surface area contributed by atoms with Gasteiger partial charge in [0.2, 0.25) is 0 Å². The summed E-state index contributed by atoms with van der Waals surface area (Å²) in [5.41, 5.74) is 2.56. The summed E-state index contributed by atoms with van der Waals surface area (Å²) in [6.45, 7) is 4.08. The van der Waals surface area contributed by atoms with E-state index in [1.807, 2.05) is 0 Å². The number of benzene rings is 1. The van der Waals surface area contributed by atoms with E-state index in [0.29, 0.717) is 18.9 Å². The van der Waals surface area contributed by atoms with Crippen LogP contribution < -0.4 is 10.6 Å². The van der Waals surface area contributed by atoms with Crippen molar-refractivity contribution < 1.29 is 8.42 Å². The average molecular weight is 520 g/mol. The molecule has 1 aromatic rings. The standard InChI is InChI=1S/C20H32N4O2S.HI/c1-21-20(23-19-9-12-27(25,26)16-19)22-14-17-7-6-8-18(13-17)15-24-10-4-2-3-5-11-24;/h6-8,13,19H,2-5,9-12,14-16H2,1H3,(H2,21,22,23);1H. The summed E-state index contributed by atoms with van der Waals surface area (Å²) in [4.78, 5) is 6.79. The van der Waals surface area contributed by atoms with E-state index in [4.69, 9.17) is 0 Å². The summed E-state index contributed by atoms with van der Waals surface area (Å²) in [6, 6.07) is 8.64. The number of aliphatic imine (C=N–C) groups is 1. The number of halogens is 1. The molecule has 2 heterocycles. The van der Waals surface area contributed by atoms with E-state index < -0.39 is 9.84 Å². The van der Waals surface area contributed by atoms with Crippen LogP contribution in [0.25, 0.3) is 0 Å². The summed E-state index contributed by atoms with van der Waals surface area (Å²) >= 11 is 0. The number of likely N-dealkylation sites (tertiary alicyclic amines) is 1.